The molecule has 1 aliphatic carbocycles. The standard InChI is InChI=1S/C15H17F2N3/c1-9-15-13(18)3-2-4-14(15)20(19-9)8-10-5-6-11(16)12(17)7-10/h5-7,13H,2-4,8,18H2,1H3. The second-order valence-electron chi connectivity index (χ2n) is 5.35. The Hall–Kier alpha value is -1.75. The number of rotatable bonds is 2. The summed E-state index contributed by atoms with van der Waals surface area (Å²) in [7, 11) is 0. The lowest BCUT2D eigenvalue weighted by Crippen LogP contribution is -2.19. The number of halogens is 2. The summed E-state index contributed by atoms with van der Waals surface area (Å²) >= 11 is 0. The number of aryl methyl sites for hydroxylation is 1. The third-order valence-corrected chi connectivity index (χ3v) is 3.90. The van der Waals surface area contributed by atoms with E-state index < -0.39 is 11.6 Å². The molecule has 0 aliphatic heterocycles. The number of nitrogens with two attached hydrogens (primary N) is 1. The Balaban J connectivity index is 1.95. The molecule has 0 spiro atoms. The van der Waals surface area contributed by atoms with Crippen molar-refractivity contribution in [2.75, 3.05) is 0 Å². The van der Waals surface area contributed by atoms with Gasteiger partial charge in [0.05, 0.1) is 12.2 Å². The molecule has 1 aromatic heterocycles. The molecule has 1 atom stereocenters. The minimum absolute atomic E-state index is 0.0393. The highest BCUT2D eigenvalue weighted by atomic mass is 19.2. The molecule has 0 saturated carbocycles. The number of benzene rings is 1. The summed E-state index contributed by atoms with van der Waals surface area (Å²) < 4.78 is 28.1. The van der Waals surface area contributed by atoms with Crippen LogP contribution in [0.25, 0.3) is 0 Å². The van der Waals surface area contributed by atoms with Crippen LogP contribution in [0.3, 0.4) is 0 Å². The molecule has 0 radical (unpaired) electrons. The third kappa shape index (κ3) is 2.22. The van der Waals surface area contributed by atoms with Gasteiger partial charge in [-0.1, -0.05) is 6.07 Å². The first-order chi connectivity index (χ1) is 9.56. The van der Waals surface area contributed by atoms with E-state index in [0.29, 0.717) is 12.1 Å². The molecule has 1 aliphatic rings. The zero-order chi connectivity index (χ0) is 14.3. The summed E-state index contributed by atoms with van der Waals surface area (Å²) in [6.07, 6.45) is 2.95. The lowest BCUT2D eigenvalue weighted by Gasteiger charge is -2.20. The first-order valence-corrected chi connectivity index (χ1v) is 6.82. The minimum Gasteiger partial charge on any atom is -0.324 e. The lowest BCUT2D eigenvalue weighted by molar-refractivity contribution is 0.504. The zero-order valence-corrected chi connectivity index (χ0v) is 11.4. The van der Waals surface area contributed by atoms with Crippen molar-refractivity contribution in [3.63, 3.8) is 0 Å². The Kier molecular flexibility index (Phi) is 3.30. The van der Waals surface area contributed by atoms with Crippen molar-refractivity contribution < 1.29 is 8.78 Å². The average Bonchev–Trinajstić information content (AvgIpc) is 2.72. The van der Waals surface area contributed by atoms with E-state index in [1.54, 1.807) is 6.07 Å². The fraction of sp³-hybridized carbons (Fsp3) is 0.400. The van der Waals surface area contributed by atoms with Crippen LogP contribution in [0.15, 0.2) is 18.2 Å². The second-order valence-corrected chi connectivity index (χ2v) is 5.35. The van der Waals surface area contributed by atoms with E-state index in [1.165, 1.54) is 6.07 Å². The van der Waals surface area contributed by atoms with Gasteiger partial charge in [-0.3, -0.25) is 4.68 Å². The van der Waals surface area contributed by atoms with Crippen LogP contribution in [0.1, 0.15) is 41.4 Å². The number of hydrogen-bond acceptors (Lipinski definition) is 2. The van der Waals surface area contributed by atoms with Gasteiger partial charge < -0.3 is 5.73 Å². The highest BCUT2D eigenvalue weighted by Gasteiger charge is 2.24. The van der Waals surface area contributed by atoms with E-state index in [1.807, 2.05) is 11.6 Å². The average molecular weight is 277 g/mol. The van der Waals surface area contributed by atoms with Crippen molar-refractivity contribution >= 4 is 0 Å². The van der Waals surface area contributed by atoms with Crippen LogP contribution in [0.2, 0.25) is 0 Å². The maximum atomic E-state index is 13.3. The minimum atomic E-state index is -0.825. The van der Waals surface area contributed by atoms with Crippen LogP contribution in [0, 0.1) is 18.6 Å². The summed E-state index contributed by atoms with van der Waals surface area (Å²) in [5, 5.41) is 4.51. The number of fused-ring (bicyclic) bond motifs is 1. The van der Waals surface area contributed by atoms with Crippen molar-refractivity contribution in [3.05, 3.63) is 52.3 Å². The molecule has 1 aromatic carbocycles. The highest BCUT2D eigenvalue weighted by Crippen LogP contribution is 2.30. The van der Waals surface area contributed by atoms with Crippen LogP contribution >= 0.6 is 0 Å². The van der Waals surface area contributed by atoms with Crippen LogP contribution in [-0.4, -0.2) is 9.78 Å². The summed E-state index contributed by atoms with van der Waals surface area (Å²) in [6.45, 7) is 2.39. The molecule has 2 aromatic rings. The summed E-state index contributed by atoms with van der Waals surface area (Å²) in [5.74, 6) is -1.65. The van der Waals surface area contributed by atoms with E-state index in [4.69, 9.17) is 5.73 Å². The number of hydrogen-bond donors (Lipinski definition) is 1. The van der Waals surface area contributed by atoms with E-state index in [0.717, 1.165) is 42.3 Å². The number of aromatic nitrogens is 2. The molecule has 0 fully saturated rings. The zero-order valence-electron chi connectivity index (χ0n) is 11.4. The molecule has 1 heterocycles. The van der Waals surface area contributed by atoms with Crippen LogP contribution in [0.5, 0.6) is 0 Å². The molecule has 3 nitrogen and oxygen atoms in total. The van der Waals surface area contributed by atoms with Gasteiger partial charge >= 0.3 is 0 Å². The molecule has 5 heteroatoms. The van der Waals surface area contributed by atoms with Gasteiger partial charge in [0.1, 0.15) is 0 Å². The maximum absolute atomic E-state index is 13.3. The van der Waals surface area contributed by atoms with Gasteiger partial charge in [-0.15, -0.1) is 0 Å². The largest absolute Gasteiger partial charge is 0.324 e. The van der Waals surface area contributed by atoms with Gasteiger partial charge in [-0.05, 0) is 43.9 Å². The molecular weight excluding hydrogens is 260 g/mol. The summed E-state index contributed by atoms with van der Waals surface area (Å²) in [6, 6.07) is 4.00. The first kappa shape index (κ1) is 13.2. The molecule has 0 amide bonds. The molecule has 20 heavy (non-hydrogen) atoms. The lowest BCUT2D eigenvalue weighted by atomic mass is 9.92. The molecule has 2 N–H and O–H groups in total. The number of nitrogens with zero attached hydrogens (tertiary/aromatic N) is 2. The van der Waals surface area contributed by atoms with Gasteiger partial charge in [0.15, 0.2) is 11.6 Å². The quantitative estimate of drug-likeness (QED) is 0.917. The maximum Gasteiger partial charge on any atom is 0.159 e. The van der Waals surface area contributed by atoms with Gasteiger partial charge in [0.25, 0.3) is 0 Å². The Morgan fingerprint density at radius 3 is 2.90 bits per heavy atom. The molecule has 1 unspecified atom stereocenters. The van der Waals surface area contributed by atoms with Gasteiger partial charge in [0.2, 0.25) is 0 Å². The topological polar surface area (TPSA) is 43.8 Å². The van der Waals surface area contributed by atoms with Crippen LogP contribution in [0.4, 0.5) is 8.78 Å². The normalized spacial score (nSPS) is 18.1. The Labute approximate surface area is 116 Å². The monoisotopic (exact) mass is 277 g/mol. The fourth-order valence-corrected chi connectivity index (χ4v) is 2.96. The third-order valence-electron chi connectivity index (χ3n) is 3.90. The molecule has 0 bridgehead atoms. The predicted molar refractivity (Wildman–Crippen MR) is 72.3 cm³/mol. The van der Waals surface area contributed by atoms with Crippen molar-refractivity contribution in [1.29, 1.82) is 0 Å². The Morgan fingerprint density at radius 2 is 2.15 bits per heavy atom. The summed E-state index contributed by atoms with van der Waals surface area (Å²) in [4.78, 5) is 0. The van der Waals surface area contributed by atoms with Gasteiger partial charge in [0, 0.05) is 17.3 Å². The first-order valence-electron chi connectivity index (χ1n) is 6.82. The predicted octanol–water partition coefficient (Wildman–Crippen LogP) is 2.85. The molecule has 3 rings (SSSR count). The van der Waals surface area contributed by atoms with Gasteiger partial charge in [-0.25, -0.2) is 8.78 Å². The van der Waals surface area contributed by atoms with E-state index in [2.05, 4.69) is 5.10 Å². The Bertz CT molecular complexity index is 649. The van der Waals surface area contributed by atoms with E-state index in [-0.39, 0.29) is 6.04 Å². The highest BCUT2D eigenvalue weighted by molar-refractivity contribution is 5.32. The van der Waals surface area contributed by atoms with E-state index >= 15 is 0 Å². The molecule has 0 saturated heterocycles. The van der Waals surface area contributed by atoms with Crippen molar-refractivity contribution in [3.8, 4) is 0 Å². The molecular formula is C15H17F2N3. The summed E-state index contributed by atoms with van der Waals surface area (Å²) in [5.41, 5.74) is 10.0. The van der Waals surface area contributed by atoms with E-state index in [9.17, 15) is 8.78 Å². The van der Waals surface area contributed by atoms with Crippen molar-refractivity contribution in [2.45, 2.75) is 38.8 Å². The van der Waals surface area contributed by atoms with Crippen molar-refractivity contribution in [1.82, 2.24) is 9.78 Å². The van der Waals surface area contributed by atoms with Crippen molar-refractivity contribution in [2.24, 2.45) is 5.73 Å². The van der Waals surface area contributed by atoms with Crippen LogP contribution < -0.4 is 5.73 Å². The molecule has 106 valence electrons. The smallest absolute Gasteiger partial charge is 0.159 e. The Morgan fingerprint density at radius 1 is 1.35 bits per heavy atom. The SMILES string of the molecule is Cc1nn(Cc2ccc(F)c(F)c2)c2c1C(N)CCC2. The second kappa shape index (κ2) is 4.98. The van der Waals surface area contributed by atoms with Crippen LogP contribution in [-0.2, 0) is 13.0 Å². The van der Waals surface area contributed by atoms with Gasteiger partial charge in [-0.2, -0.15) is 5.10 Å². The fourth-order valence-electron chi connectivity index (χ4n) is 2.96.